The van der Waals surface area contributed by atoms with Gasteiger partial charge in [-0.1, -0.05) is 97.1 Å². The summed E-state index contributed by atoms with van der Waals surface area (Å²) in [5.74, 6) is -0.997. The highest BCUT2D eigenvalue weighted by Crippen LogP contribution is 2.65. The third-order valence-corrected chi connectivity index (χ3v) is 10.9. The largest absolute Gasteiger partial charge is 0.295 e. The van der Waals surface area contributed by atoms with Crippen molar-refractivity contribution in [1.29, 1.82) is 0 Å². The zero-order valence-electron chi connectivity index (χ0n) is 30.5. The first-order chi connectivity index (χ1) is 25.9. The monoisotopic (exact) mass is 684 g/mol. The molecule has 2 heterocycles. The Bertz CT molecular complexity index is 2350. The molecule has 0 saturated carbocycles. The second kappa shape index (κ2) is 11.8. The van der Waals surface area contributed by atoms with Crippen LogP contribution in [0.3, 0.4) is 0 Å². The Labute approximate surface area is 311 Å². The van der Waals surface area contributed by atoms with Crippen LogP contribution in [0.25, 0.3) is 21.5 Å². The van der Waals surface area contributed by atoms with E-state index in [1.807, 2.05) is 0 Å². The van der Waals surface area contributed by atoms with Gasteiger partial charge in [0.25, 0.3) is 5.91 Å². The summed E-state index contributed by atoms with van der Waals surface area (Å²) in [7, 11) is 0. The predicted molar refractivity (Wildman–Crippen MR) is 224 cm³/mol. The van der Waals surface area contributed by atoms with E-state index in [1.165, 1.54) is 43.8 Å². The summed E-state index contributed by atoms with van der Waals surface area (Å²) < 4.78 is 0. The van der Waals surface area contributed by atoms with Crippen molar-refractivity contribution >= 4 is 67.0 Å². The Morgan fingerprint density at radius 1 is 0.283 bits per heavy atom. The molecule has 0 bridgehead atoms. The van der Waals surface area contributed by atoms with Gasteiger partial charge in [0, 0.05) is 22.7 Å². The van der Waals surface area contributed by atoms with Crippen LogP contribution in [0, 0.1) is 27.7 Å². The van der Waals surface area contributed by atoms with Crippen LogP contribution in [-0.4, -0.2) is 5.91 Å². The zero-order chi connectivity index (χ0) is 35.8. The van der Waals surface area contributed by atoms with Gasteiger partial charge in [0.1, 0.15) is 0 Å². The third-order valence-electron chi connectivity index (χ3n) is 10.9. The number of hydrogen-bond donors (Lipinski definition) is 0. The second-order valence-corrected chi connectivity index (χ2v) is 14.7. The van der Waals surface area contributed by atoms with Gasteiger partial charge in [0.15, 0.2) is 0 Å². The van der Waals surface area contributed by atoms with E-state index in [2.05, 4.69) is 217 Å². The van der Waals surface area contributed by atoms with E-state index in [0.717, 1.165) is 45.5 Å². The summed E-state index contributed by atoms with van der Waals surface area (Å²) in [6.07, 6.45) is 0. The van der Waals surface area contributed by atoms with Gasteiger partial charge < -0.3 is 0 Å². The predicted octanol–water partition coefficient (Wildman–Crippen LogP) is 13.1. The Morgan fingerprint density at radius 3 is 0.755 bits per heavy atom. The Hall–Kier alpha value is -6.52. The van der Waals surface area contributed by atoms with Crippen molar-refractivity contribution in [2.24, 2.45) is 0 Å². The SMILES string of the molecule is Cc1cccc(N2c3cc4ccccc4cc3N(c3cccc(C)c3)C23N(c2cccc(C)c2)c2cc4ccccc4cc2N3c2cccc(C)c2)c1. The van der Waals surface area contributed by atoms with Crippen LogP contribution in [0.4, 0.5) is 45.5 Å². The van der Waals surface area contributed by atoms with Crippen molar-refractivity contribution in [2.75, 3.05) is 19.6 Å². The molecule has 4 heteroatoms. The summed E-state index contributed by atoms with van der Waals surface area (Å²) in [4.78, 5) is 10.4. The lowest BCUT2D eigenvalue weighted by molar-refractivity contribution is 0.479. The van der Waals surface area contributed by atoms with Gasteiger partial charge >= 0.3 is 0 Å². The first kappa shape index (κ1) is 31.2. The van der Waals surface area contributed by atoms with Crippen LogP contribution in [-0.2, 0) is 0 Å². The fourth-order valence-electron chi connectivity index (χ4n) is 8.71. The van der Waals surface area contributed by atoms with E-state index in [9.17, 15) is 0 Å². The summed E-state index contributed by atoms with van der Waals surface area (Å²) >= 11 is 0. The lowest BCUT2D eigenvalue weighted by Gasteiger charge is -2.53. The standard InChI is InChI=1S/C49H40N4/c1-33-13-9-21-41(25-33)50-45-29-37-17-5-6-18-38(37)30-46(45)51(42-22-10-14-34(2)26-42)49(50)52(43-23-11-15-35(3)27-43)47-31-39-19-7-8-20-40(39)32-48(47)53(49)44-24-12-16-36(4)28-44/h5-32H,1-4H3. The molecule has 0 N–H and O–H groups in total. The van der Waals surface area contributed by atoms with Gasteiger partial charge in [0.2, 0.25) is 0 Å². The molecule has 0 amide bonds. The molecule has 8 aromatic rings. The van der Waals surface area contributed by atoms with Gasteiger partial charge in [-0.3, -0.25) is 19.6 Å². The fraction of sp³-hybridized carbons (Fsp3) is 0.102. The average molecular weight is 685 g/mol. The van der Waals surface area contributed by atoms with Crippen LogP contribution in [0.5, 0.6) is 0 Å². The average Bonchev–Trinajstić information content (AvgIpc) is 3.60. The van der Waals surface area contributed by atoms with E-state index >= 15 is 0 Å². The number of fused-ring (bicyclic) bond motifs is 4. The fourth-order valence-corrected chi connectivity index (χ4v) is 8.71. The highest BCUT2D eigenvalue weighted by atomic mass is 15.8. The number of aryl methyl sites for hydroxylation is 4. The van der Waals surface area contributed by atoms with E-state index in [4.69, 9.17) is 0 Å². The van der Waals surface area contributed by atoms with E-state index < -0.39 is 5.91 Å². The van der Waals surface area contributed by atoms with Crippen molar-refractivity contribution in [1.82, 2.24) is 0 Å². The number of hydrogen-bond acceptors (Lipinski definition) is 4. The molecule has 4 nitrogen and oxygen atoms in total. The first-order valence-corrected chi connectivity index (χ1v) is 18.4. The highest BCUT2D eigenvalue weighted by molar-refractivity contribution is 6.08. The maximum atomic E-state index is 2.60. The van der Waals surface area contributed by atoms with Crippen molar-refractivity contribution in [3.63, 3.8) is 0 Å². The molecule has 0 atom stereocenters. The molecule has 0 saturated heterocycles. The Kier molecular flexibility index (Phi) is 6.93. The van der Waals surface area contributed by atoms with Crippen LogP contribution in [0.1, 0.15) is 22.3 Å². The number of anilines is 8. The highest BCUT2D eigenvalue weighted by Gasteiger charge is 2.65. The summed E-state index contributed by atoms with van der Waals surface area (Å²) in [6.45, 7) is 8.77. The van der Waals surface area contributed by atoms with Crippen LogP contribution >= 0.6 is 0 Å². The normalized spacial score (nSPS) is 14.4. The number of rotatable bonds is 4. The second-order valence-electron chi connectivity index (χ2n) is 14.7. The van der Waals surface area contributed by atoms with Gasteiger partial charge in [-0.25, -0.2) is 0 Å². The number of benzene rings is 8. The van der Waals surface area contributed by atoms with E-state index in [-0.39, 0.29) is 0 Å². The molecular weight excluding hydrogens is 645 g/mol. The molecule has 0 aliphatic carbocycles. The lowest BCUT2D eigenvalue weighted by atomic mass is 10.1. The molecule has 0 aromatic heterocycles. The maximum absolute atomic E-state index is 2.60. The van der Waals surface area contributed by atoms with Crippen LogP contribution in [0.2, 0.25) is 0 Å². The summed E-state index contributed by atoms with van der Waals surface area (Å²) in [5, 5.41) is 4.82. The zero-order valence-corrected chi connectivity index (χ0v) is 30.5. The minimum absolute atomic E-state index is 0.997. The van der Waals surface area contributed by atoms with Gasteiger partial charge in [-0.15, -0.1) is 0 Å². The number of nitrogens with zero attached hydrogens (tertiary/aromatic N) is 4. The van der Waals surface area contributed by atoms with Gasteiger partial charge in [-0.2, -0.15) is 0 Å². The van der Waals surface area contributed by atoms with Crippen molar-refractivity contribution in [3.8, 4) is 0 Å². The molecule has 1 spiro atoms. The summed E-state index contributed by atoms with van der Waals surface area (Å²) in [5.41, 5.74) is 13.9. The quantitative estimate of drug-likeness (QED) is 0.183. The molecule has 0 fully saturated rings. The topological polar surface area (TPSA) is 13.0 Å². The lowest BCUT2D eigenvalue weighted by Crippen LogP contribution is -2.70. The molecule has 256 valence electrons. The Morgan fingerprint density at radius 2 is 0.528 bits per heavy atom. The van der Waals surface area contributed by atoms with Crippen LogP contribution < -0.4 is 19.6 Å². The van der Waals surface area contributed by atoms with Gasteiger partial charge in [0.05, 0.1) is 22.7 Å². The minimum atomic E-state index is -0.997. The third kappa shape index (κ3) is 4.68. The molecule has 10 rings (SSSR count). The first-order valence-electron chi connectivity index (χ1n) is 18.4. The van der Waals surface area contributed by atoms with Crippen molar-refractivity contribution in [3.05, 3.63) is 192 Å². The molecule has 2 aliphatic heterocycles. The van der Waals surface area contributed by atoms with Crippen molar-refractivity contribution < 1.29 is 0 Å². The smallest absolute Gasteiger partial charge is 0.280 e. The molecule has 2 aliphatic rings. The minimum Gasteiger partial charge on any atom is -0.280 e. The maximum Gasteiger partial charge on any atom is 0.295 e. The molecule has 0 unspecified atom stereocenters. The van der Waals surface area contributed by atoms with Crippen LogP contribution in [0.15, 0.2) is 170 Å². The van der Waals surface area contributed by atoms with Crippen molar-refractivity contribution in [2.45, 2.75) is 33.6 Å². The van der Waals surface area contributed by atoms with Gasteiger partial charge in [-0.05, 0) is 144 Å². The van der Waals surface area contributed by atoms with E-state index in [1.54, 1.807) is 0 Å². The molecule has 8 aromatic carbocycles. The summed E-state index contributed by atoms with van der Waals surface area (Å²) in [6, 6.07) is 63.1. The van der Waals surface area contributed by atoms with E-state index in [0.29, 0.717) is 0 Å². The molecule has 0 radical (unpaired) electrons. The Balaban J connectivity index is 1.45. The molecular formula is C49H40N4. The molecule has 53 heavy (non-hydrogen) atoms.